The van der Waals surface area contributed by atoms with E-state index < -0.39 is 29.5 Å². The maximum Gasteiger partial charge on any atom is 0.256 e. The van der Waals surface area contributed by atoms with Crippen molar-refractivity contribution in [3.63, 3.8) is 0 Å². The lowest BCUT2D eigenvalue weighted by Gasteiger charge is -2.10. The van der Waals surface area contributed by atoms with Gasteiger partial charge in [0.15, 0.2) is 0 Å². The number of benzene rings is 2. The normalized spacial score (nSPS) is 13.7. The zero-order chi connectivity index (χ0) is 17.4. The van der Waals surface area contributed by atoms with Crippen molar-refractivity contribution in [1.82, 2.24) is 9.97 Å². The van der Waals surface area contributed by atoms with Crippen molar-refractivity contribution < 1.29 is 13.9 Å². The average molecular weight is 328 g/mol. The summed E-state index contributed by atoms with van der Waals surface area (Å²) in [5.74, 6) is -1.37. The average Bonchev–Trinajstić information content (AvgIpc) is 2.96. The number of hydrogen-bond donors (Lipinski definition) is 3. The predicted octanol–water partition coefficient (Wildman–Crippen LogP) is 3.44. The number of fused-ring (bicyclic) bond motifs is 1. The quantitative estimate of drug-likeness (QED) is 0.644. The van der Waals surface area contributed by atoms with Crippen LogP contribution < -0.4 is 5.73 Å². The van der Waals surface area contributed by atoms with E-state index >= 15 is 0 Å². The molecule has 24 heavy (non-hydrogen) atoms. The van der Waals surface area contributed by atoms with Crippen molar-refractivity contribution in [3.05, 3.63) is 59.2 Å². The van der Waals surface area contributed by atoms with Gasteiger partial charge in [0.25, 0.3) is 5.69 Å². The van der Waals surface area contributed by atoms with Crippen LogP contribution in [-0.4, -0.2) is 21.2 Å². The molecule has 7 heteroatoms. The van der Waals surface area contributed by atoms with E-state index in [-0.39, 0.29) is 0 Å². The van der Waals surface area contributed by atoms with E-state index in [0.29, 0.717) is 28.0 Å². The monoisotopic (exact) mass is 328 g/mol. The van der Waals surface area contributed by atoms with Crippen LogP contribution in [0, 0.1) is 18.2 Å². The molecule has 3 aromatic rings. The number of H-pyrrole nitrogens is 1. The fraction of sp³-hybridized carbons (Fsp3) is 0.176. The summed E-state index contributed by atoms with van der Waals surface area (Å²) in [5.41, 5.74) is 7.38. The first-order chi connectivity index (χ1) is 11.4. The lowest BCUT2D eigenvalue weighted by molar-refractivity contribution is 0.161. The fourth-order valence-corrected chi connectivity index (χ4v) is 2.43. The van der Waals surface area contributed by atoms with Crippen LogP contribution in [0.25, 0.3) is 27.0 Å². The number of aromatic nitrogens is 2. The van der Waals surface area contributed by atoms with Gasteiger partial charge < -0.3 is 15.8 Å². The summed E-state index contributed by atoms with van der Waals surface area (Å²) < 4.78 is 27.6. The Hall–Kier alpha value is -2.82. The van der Waals surface area contributed by atoms with Gasteiger partial charge in [0, 0.05) is 0 Å². The molecule has 3 rings (SSSR count). The van der Waals surface area contributed by atoms with E-state index in [4.69, 9.17) is 12.3 Å². The first-order valence-corrected chi connectivity index (χ1v) is 7.21. The van der Waals surface area contributed by atoms with Crippen LogP contribution in [0.5, 0.6) is 0 Å². The van der Waals surface area contributed by atoms with Gasteiger partial charge in [-0.1, -0.05) is 6.07 Å². The highest BCUT2D eigenvalue weighted by Gasteiger charge is 2.17. The van der Waals surface area contributed by atoms with E-state index in [9.17, 15) is 13.9 Å². The van der Waals surface area contributed by atoms with Gasteiger partial charge in [-0.25, -0.2) is 18.6 Å². The summed E-state index contributed by atoms with van der Waals surface area (Å²) in [7, 11) is 0. The Morgan fingerprint density at radius 2 is 1.88 bits per heavy atom. The van der Waals surface area contributed by atoms with Gasteiger partial charge in [-0.3, -0.25) is 0 Å². The molecule has 2 atom stereocenters. The number of nitrogens with zero attached hydrogens (tertiary/aromatic N) is 2. The Labute approximate surface area is 136 Å². The van der Waals surface area contributed by atoms with Crippen molar-refractivity contribution in [1.29, 1.82) is 0 Å². The van der Waals surface area contributed by atoms with E-state index in [1.54, 1.807) is 25.1 Å². The van der Waals surface area contributed by atoms with Gasteiger partial charge in [0.05, 0.1) is 29.8 Å². The molecule has 4 N–H and O–H groups in total. The molecular weight excluding hydrogens is 314 g/mol. The zero-order valence-electron chi connectivity index (χ0n) is 12.7. The van der Waals surface area contributed by atoms with Crippen LogP contribution in [0.2, 0.25) is 0 Å². The van der Waals surface area contributed by atoms with Crippen molar-refractivity contribution in [3.8, 4) is 11.1 Å². The first-order valence-electron chi connectivity index (χ1n) is 7.21. The summed E-state index contributed by atoms with van der Waals surface area (Å²) in [5, 5.41) is 9.55. The van der Waals surface area contributed by atoms with Crippen LogP contribution in [0.1, 0.15) is 18.8 Å². The standard InChI is InChI=1S/C17H14F2N4O/c1-8(24)15(20)17-22-13-4-3-9(7-14(13)23-17)10-5-11(18)16(21-2)12(19)6-10/h3-8,15,24H,20H2,1H3,(H,22,23)/t8-,15+/m1/s1. The van der Waals surface area contributed by atoms with Gasteiger partial charge >= 0.3 is 0 Å². The van der Waals surface area contributed by atoms with E-state index in [1.807, 2.05) is 0 Å². The third-order valence-corrected chi connectivity index (χ3v) is 3.80. The van der Waals surface area contributed by atoms with E-state index in [1.165, 1.54) is 0 Å². The van der Waals surface area contributed by atoms with Crippen LogP contribution in [0.15, 0.2) is 30.3 Å². The molecule has 0 spiro atoms. The first kappa shape index (κ1) is 16.1. The number of nitrogens with one attached hydrogen (secondary N) is 1. The molecular formula is C17H14F2N4O. The summed E-state index contributed by atoms with van der Waals surface area (Å²) in [4.78, 5) is 10.1. The molecule has 0 amide bonds. The topological polar surface area (TPSA) is 79.3 Å². The number of aliphatic hydroxyl groups excluding tert-OH is 1. The minimum absolute atomic E-state index is 0.315. The molecule has 0 saturated carbocycles. The zero-order valence-corrected chi connectivity index (χ0v) is 12.7. The largest absolute Gasteiger partial charge is 0.391 e. The van der Waals surface area contributed by atoms with E-state index in [0.717, 1.165) is 12.1 Å². The lowest BCUT2D eigenvalue weighted by atomic mass is 10.0. The Bertz CT molecular complexity index is 936. The minimum Gasteiger partial charge on any atom is -0.391 e. The van der Waals surface area contributed by atoms with Crippen LogP contribution >= 0.6 is 0 Å². The van der Waals surface area contributed by atoms with Crippen LogP contribution in [0.4, 0.5) is 14.5 Å². The summed E-state index contributed by atoms with van der Waals surface area (Å²) >= 11 is 0. The number of aliphatic hydroxyl groups is 1. The van der Waals surface area contributed by atoms with Gasteiger partial charge in [0.1, 0.15) is 17.5 Å². The number of rotatable bonds is 3. The second-order valence-corrected chi connectivity index (χ2v) is 5.52. The van der Waals surface area contributed by atoms with Gasteiger partial charge in [0.2, 0.25) is 0 Å². The van der Waals surface area contributed by atoms with Gasteiger partial charge in [-0.15, -0.1) is 0 Å². The van der Waals surface area contributed by atoms with Crippen molar-refractivity contribution >= 4 is 16.7 Å². The van der Waals surface area contributed by atoms with Crippen LogP contribution in [0.3, 0.4) is 0 Å². The number of hydrogen-bond acceptors (Lipinski definition) is 3. The van der Waals surface area contributed by atoms with Crippen molar-refractivity contribution in [2.75, 3.05) is 0 Å². The Kier molecular flexibility index (Phi) is 4.01. The molecule has 0 aliphatic rings. The maximum atomic E-state index is 13.8. The molecule has 0 saturated heterocycles. The molecule has 2 aromatic carbocycles. The van der Waals surface area contributed by atoms with Crippen LogP contribution in [-0.2, 0) is 0 Å². The third kappa shape index (κ3) is 2.73. The fourth-order valence-electron chi connectivity index (χ4n) is 2.43. The highest BCUT2D eigenvalue weighted by Crippen LogP contribution is 2.30. The second kappa shape index (κ2) is 6.00. The lowest BCUT2D eigenvalue weighted by Crippen LogP contribution is -2.24. The van der Waals surface area contributed by atoms with Gasteiger partial charge in [-0.2, -0.15) is 0 Å². The third-order valence-electron chi connectivity index (χ3n) is 3.80. The van der Waals surface area contributed by atoms with E-state index in [2.05, 4.69) is 14.8 Å². The molecule has 0 bridgehead atoms. The number of halogens is 2. The molecule has 0 radical (unpaired) electrons. The number of aromatic amines is 1. The summed E-state index contributed by atoms with van der Waals surface area (Å²) in [6.45, 7) is 8.35. The predicted molar refractivity (Wildman–Crippen MR) is 86.3 cm³/mol. The number of nitrogens with two attached hydrogens (primary N) is 1. The summed E-state index contributed by atoms with van der Waals surface area (Å²) in [6, 6.07) is 6.64. The molecule has 0 aliphatic carbocycles. The number of imidazole rings is 1. The van der Waals surface area contributed by atoms with Crippen molar-refractivity contribution in [2.45, 2.75) is 19.1 Å². The van der Waals surface area contributed by atoms with Crippen molar-refractivity contribution in [2.24, 2.45) is 5.73 Å². The smallest absolute Gasteiger partial charge is 0.256 e. The van der Waals surface area contributed by atoms with Gasteiger partial charge in [-0.05, 0) is 42.3 Å². The highest BCUT2D eigenvalue weighted by molar-refractivity contribution is 5.82. The molecule has 122 valence electrons. The summed E-state index contributed by atoms with van der Waals surface area (Å²) in [6.07, 6.45) is -0.769. The minimum atomic E-state index is -0.901. The Morgan fingerprint density at radius 3 is 2.46 bits per heavy atom. The highest BCUT2D eigenvalue weighted by atomic mass is 19.1. The second-order valence-electron chi connectivity index (χ2n) is 5.52. The molecule has 0 fully saturated rings. The Balaban J connectivity index is 2.07. The maximum absolute atomic E-state index is 13.8. The molecule has 0 aliphatic heterocycles. The molecule has 0 unspecified atom stereocenters. The molecule has 1 aromatic heterocycles. The Morgan fingerprint density at radius 1 is 1.21 bits per heavy atom. The SMILES string of the molecule is [C-]#[N+]c1c(F)cc(-c2ccc3nc([C@@H](N)[C@@H](C)O)[nH]c3c2)cc1F. The molecule has 1 heterocycles. The molecule has 5 nitrogen and oxygen atoms in total.